The zero-order valence-electron chi connectivity index (χ0n) is 17.2. The highest BCUT2D eigenvalue weighted by atomic mass is 16.5. The Morgan fingerprint density at radius 1 is 0.931 bits per heavy atom. The first-order valence-electron chi connectivity index (χ1n) is 9.48. The number of carbonyl (C=O) groups is 3. The van der Waals surface area contributed by atoms with Crippen LogP contribution >= 0.6 is 0 Å². The molecular weight excluding hydrogens is 380 g/mol. The molecule has 9 nitrogen and oxygen atoms in total. The Morgan fingerprint density at radius 3 is 2.10 bits per heavy atom. The van der Waals surface area contributed by atoms with Crippen molar-refractivity contribution in [3.8, 4) is 17.2 Å². The van der Waals surface area contributed by atoms with Crippen LogP contribution in [0.5, 0.6) is 17.2 Å². The zero-order valence-corrected chi connectivity index (χ0v) is 17.2. The third kappa shape index (κ3) is 9.18. The molecule has 0 atom stereocenters. The van der Waals surface area contributed by atoms with Crippen LogP contribution in [0.1, 0.15) is 44.1 Å². The minimum atomic E-state index is -0.926. The third-order valence-corrected chi connectivity index (χ3v) is 4.18. The van der Waals surface area contributed by atoms with Crippen molar-refractivity contribution in [1.29, 1.82) is 0 Å². The SMILES string of the molecule is CNC(=O)CCCCOc1cc(OC)c(CNC(=O)CCCC(=O)O)c(OC)c1. The summed E-state index contributed by atoms with van der Waals surface area (Å²) in [5.74, 6) is 0.418. The number of hydrogen-bond acceptors (Lipinski definition) is 6. The van der Waals surface area contributed by atoms with Crippen LogP contribution in [0.3, 0.4) is 0 Å². The number of benzene rings is 1. The van der Waals surface area contributed by atoms with E-state index in [9.17, 15) is 14.4 Å². The average molecular weight is 410 g/mol. The van der Waals surface area contributed by atoms with E-state index in [-0.39, 0.29) is 37.6 Å². The molecule has 0 saturated carbocycles. The summed E-state index contributed by atoms with van der Waals surface area (Å²) < 4.78 is 16.5. The van der Waals surface area contributed by atoms with Crippen molar-refractivity contribution >= 4 is 17.8 Å². The molecule has 0 aromatic heterocycles. The van der Waals surface area contributed by atoms with Crippen LogP contribution in [0, 0.1) is 0 Å². The van der Waals surface area contributed by atoms with Gasteiger partial charge in [0.2, 0.25) is 11.8 Å². The van der Waals surface area contributed by atoms with E-state index in [1.54, 1.807) is 19.2 Å². The first kappa shape index (κ1) is 24.1. The molecule has 0 unspecified atom stereocenters. The van der Waals surface area contributed by atoms with Crippen molar-refractivity contribution in [3.63, 3.8) is 0 Å². The molecule has 0 saturated heterocycles. The lowest BCUT2D eigenvalue weighted by Gasteiger charge is -2.16. The number of rotatable bonds is 14. The molecule has 3 N–H and O–H groups in total. The second-order valence-corrected chi connectivity index (χ2v) is 6.31. The standard InChI is InChI=1S/C20H30N2O7/c1-21-18(23)7-4-5-10-29-14-11-16(27-2)15(17(12-14)28-3)13-22-19(24)8-6-9-20(25)26/h11-12H,4-10,13H2,1-3H3,(H,21,23)(H,22,24)(H,25,26). The normalized spacial score (nSPS) is 10.2. The Bertz CT molecular complexity index is 666. The number of carbonyl (C=O) groups excluding carboxylic acids is 2. The van der Waals surface area contributed by atoms with E-state index in [2.05, 4.69) is 10.6 Å². The maximum atomic E-state index is 11.9. The second kappa shape index (κ2) is 13.2. The van der Waals surface area contributed by atoms with Gasteiger partial charge in [-0.25, -0.2) is 0 Å². The average Bonchev–Trinajstić information content (AvgIpc) is 2.71. The van der Waals surface area contributed by atoms with Gasteiger partial charge in [-0.2, -0.15) is 0 Å². The van der Waals surface area contributed by atoms with Crippen LogP contribution < -0.4 is 24.8 Å². The lowest BCUT2D eigenvalue weighted by Crippen LogP contribution is -2.23. The van der Waals surface area contributed by atoms with E-state index in [1.165, 1.54) is 14.2 Å². The maximum Gasteiger partial charge on any atom is 0.303 e. The van der Waals surface area contributed by atoms with Gasteiger partial charge in [0.25, 0.3) is 0 Å². The molecule has 2 amide bonds. The summed E-state index contributed by atoms with van der Waals surface area (Å²) in [4.78, 5) is 33.6. The largest absolute Gasteiger partial charge is 0.496 e. The lowest BCUT2D eigenvalue weighted by atomic mass is 10.1. The van der Waals surface area contributed by atoms with E-state index in [1.807, 2.05) is 0 Å². The molecule has 0 spiro atoms. The number of methoxy groups -OCH3 is 2. The van der Waals surface area contributed by atoms with Gasteiger partial charge in [-0.15, -0.1) is 0 Å². The fourth-order valence-corrected chi connectivity index (χ4v) is 2.60. The van der Waals surface area contributed by atoms with Crippen LogP contribution in [0.4, 0.5) is 0 Å². The molecule has 0 heterocycles. The number of ether oxygens (including phenoxy) is 3. The highest BCUT2D eigenvalue weighted by molar-refractivity contribution is 5.77. The molecule has 29 heavy (non-hydrogen) atoms. The Kier molecular flexibility index (Phi) is 11.0. The van der Waals surface area contributed by atoms with Crippen LogP contribution in [-0.2, 0) is 20.9 Å². The monoisotopic (exact) mass is 410 g/mol. The quantitative estimate of drug-likeness (QED) is 0.400. The van der Waals surface area contributed by atoms with Gasteiger partial charge >= 0.3 is 5.97 Å². The van der Waals surface area contributed by atoms with Gasteiger partial charge in [0, 0.05) is 38.4 Å². The summed E-state index contributed by atoms with van der Waals surface area (Å²) in [6.07, 6.45) is 2.27. The third-order valence-electron chi connectivity index (χ3n) is 4.18. The Labute approximate surface area is 170 Å². The smallest absolute Gasteiger partial charge is 0.303 e. The predicted octanol–water partition coefficient (Wildman–Crippen LogP) is 1.87. The van der Waals surface area contributed by atoms with Crippen LogP contribution in [0.15, 0.2) is 12.1 Å². The highest BCUT2D eigenvalue weighted by Gasteiger charge is 2.15. The summed E-state index contributed by atoms with van der Waals surface area (Å²) in [6.45, 7) is 0.633. The number of nitrogens with one attached hydrogen (secondary N) is 2. The Hall–Kier alpha value is -2.97. The van der Waals surface area contributed by atoms with Crippen LogP contribution in [-0.4, -0.2) is 50.8 Å². The number of aliphatic carboxylic acids is 1. The molecule has 1 rings (SSSR count). The number of hydrogen-bond donors (Lipinski definition) is 3. The molecule has 0 bridgehead atoms. The molecule has 162 valence electrons. The topological polar surface area (TPSA) is 123 Å². The molecule has 1 aromatic carbocycles. The molecule has 0 aliphatic heterocycles. The van der Waals surface area contributed by atoms with E-state index < -0.39 is 5.97 Å². The minimum absolute atomic E-state index is 0.00250. The highest BCUT2D eigenvalue weighted by Crippen LogP contribution is 2.34. The Morgan fingerprint density at radius 2 is 1.55 bits per heavy atom. The van der Waals surface area contributed by atoms with Crippen LogP contribution in [0.2, 0.25) is 0 Å². The molecule has 0 fully saturated rings. The number of amides is 2. The van der Waals surface area contributed by atoms with E-state index in [0.29, 0.717) is 35.8 Å². The maximum absolute atomic E-state index is 11.9. The van der Waals surface area contributed by atoms with Crippen molar-refractivity contribution < 1.29 is 33.7 Å². The second-order valence-electron chi connectivity index (χ2n) is 6.31. The van der Waals surface area contributed by atoms with Gasteiger partial charge in [0.15, 0.2) is 0 Å². The summed E-state index contributed by atoms with van der Waals surface area (Å²) in [5, 5.41) is 14.0. The Balaban J connectivity index is 2.64. The molecule has 0 aliphatic rings. The van der Waals surface area contributed by atoms with Gasteiger partial charge in [-0.3, -0.25) is 14.4 Å². The first-order valence-corrected chi connectivity index (χ1v) is 9.48. The molecule has 0 aliphatic carbocycles. The number of carboxylic acid groups (broad SMARTS) is 1. The van der Waals surface area contributed by atoms with Crippen molar-refractivity contribution in [2.75, 3.05) is 27.9 Å². The van der Waals surface area contributed by atoms with Crippen molar-refractivity contribution in [2.24, 2.45) is 0 Å². The van der Waals surface area contributed by atoms with Gasteiger partial charge in [-0.05, 0) is 19.3 Å². The predicted molar refractivity (Wildman–Crippen MR) is 106 cm³/mol. The summed E-state index contributed by atoms with van der Waals surface area (Å²) in [5.41, 5.74) is 0.661. The van der Waals surface area contributed by atoms with E-state index in [0.717, 1.165) is 12.8 Å². The van der Waals surface area contributed by atoms with Gasteiger partial charge in [0.1, 0.15) is 17.2 Å². The van der Waals surface area contributed by atoms with Crippen molar-refractivity contribution in [1.82, 2.24) is 10.6 Å². The van der Waals surface area contributed by atoms with Gasteiger partial charge < -0.3 is 30.0 Å². The summed E-state index contributed by atoms with van der Waals surface area (Å²) in [6, 6.07) is 3.43. The van der Waals surface area contributed by atoms with Crippen LogP contribution in [0.25, 0.3) is 0 Å². The summed E-state index contributed by atoms with van der Waals surface area (Å²) >= 11 is 0. The van der Waals surface area contributed by atoms with E-state index in [4.69, 9.17) is 19.3 Å². The molecule has 9 heteroatoms. The zero-order chi connectivity index (χ0) is 21.6. The van der Waals surface area contributed by atoms with Gasteiger partial charge in [0.05, 0.1) is 32.9 Å². The molecular formula is C20H30N2O7. The van der Waals surface area contributed by atoms with Crippen molar-refractivity contribution in [2.45, 2.75) is 45.1 Å². The fourth-order valence-electron chi connectivity index (χ4n) is 2.60. The number of unbranched alkanes of at least 4 members (excludes halogenated alkanes) is 1. The van der Waals surface area contributed by atoms with E-state index >= 15 is 0 Å². The van der Waals surface area contributed by atoms with Crippen molar-refractivity contribution in [3.05, 3.63) is 17.7 Å². The number of carboxylic acids is 1. The molecule has 1 aromatic rings. The fraction of sp³-hybridized carbons (Fsp3) is 0.550. The molecule has 0 radical (unpaired) electrons. The lowest BCUT2D eigenvalue weighted by molar-refractivity contribution is -0.137. The first-order chi connectivity index (χ1) is 13.9. The van der Waals surface area contributed by atoms with Gasteiger partial charge in [-0.1, -0.05) is 0 Å². The minimum Gasteiger partial charge on any atom is -0.496 e. The summed E-state index contributed by atoms with van der Waals surface area (Å²) in [7, 11) is 4.64.